The van der Waals surface area contributed by atoms with E-state index >= 15 is 0 Å². The van der Waals surface area contributed by atoms with Crippen molar-refractivity contribution in [3.05, 3.63) is 53.3 Å². The molecule has 0 atom stereocenters. The predicted molar refractivity (Wildman–Crippen MR) is 70.4 cm³/mol. The summed E-state index contributed by atoms with van der Waals surface area (Å²) in [6.45, 7) is 2.67. The van der Waals surface area contributed by atoms with Crippen molar-refractivity contribution in [3.63, 3.8) is 0 Å². The Balaban J connectivity index is 2.25. The fraction of sp³-hybridized carbons (Fsp3) is 0.250. The van der Waals surface area contributed by atoms with Crippen LogP contribution in [0, 0.1) is 12.7 Å². The van der Waals surface area contributed by atoms with Crippen molar-refractivity contribution in [1.29, 1.82) is 0 Å². The van der Waals surface area contributed by atoms with E-state index in [1.54, 1.807) is 6.07 Å². The summed E-state index contributed by atoms with van der Waals surface area (Å²) in [4.78, 5) is 0. The van der Waals surface area contributed by atoms with Crippen LogP contribution in [0.4, 0.5) is 4.39 Å². The van der Waals surface area contributed by atoms with Gasteiger partial charge in [-0.1, -0.05) is 30.3 Å². The summed E-state index contributed by atoms with van der Waals surface area (Å²) in [7, 11) is 0. The van der Waals surface area contributed by atoms with E-state index in [0.29, 0.717) is 12.2 Å². The number of hydrogen-bond acceptors (Lipinski definition) is 1. The molecular weight excluding hydrogens is 227 g/mol. The van der Waals surface area contributed by atoms with E-state index in [2.05, 4.69) is 0 Å². The average Bonchev–Trinajstić information content (AvgIpc) is 2.40. The van der Waals surface area contributed by atoms with Crippen LogP contribution < -0.4 is 4.74 Å². The van der Waals surface area contributed by atoms with Crippen LogP contribution in [-0.2, 0) is 6.42 Å². The molecule has 1 nitrogen and oxygen atoms in total. The molecule has 92 valence electrons. The van der Waals surface area contributed by atoms with Gasteiger partial charge in [-0.15, -0.1) is 0 Å². The molecule has 1 heterocycles. The SMILES string of the molecule is Cc1ccccc1-c1c(F)ccc2c1OCCC2. The molecule has 0 aromatic heterocycles. The van der Waals surface area contributed by atoms with Crippen molar-refractivity contribution >= 4 is 0 Å². The van der Waals surface area contributed by atoms with E-state index in [1.807, 2.05) is 37.3 Å². The largest absolute Gasteiger partial charge is 0.493 e. The summed E-state index contributed by atoms with van der Waals surface area (Å²) in [6, 6.07) is 11.2. The van der Waals surface area contributed by atoms with Gasteiger partial charge in [-0.3, -0.25) is 0 Å². The van der Waals surface area contributed by atoms with Gasteiger partial charge in [-0.25, -0.2) is 4.39 Å². The molecule has 0 bridgehead atoms. The highest BCUT2D eigenvalue weighted by Crippen LogP contribution is 2.39. The highest BCUT2D eigenvalue weighted by molar-refractivity contribution is 5.75. The van der Waals surface area contributed by atoms with E-state index < -0.39 is 0 Å². The summed E-state index contributed by atoms with van der Waals surface area (Å²) >= 11 is 0. The molecule has 1 aliphatic rings. The number of aryl methyl sites for hydroxylation is 2. The predicted octanol–water partition coefficient (Wildman–Crippen LogP) is 4.13. The molecule has 1 aliphatic heterocycles. The monoisotopic (exact) mass is 242 g/mol. The zero-order chi connectivity index (χ0) is 12.5. The molecule has 2 heteroatoms. The Morgan fingerprint density at radius 3 is 2.78 bits per heavy atom. The van der Waals surface area contributed by atoms with E-state index in [0.717, 1.165) is 35.3 Å². The standard InChI is InChI=1S/C16H15FO/c1-11-5-2-3-7-13(11)15-14(17)9-8-12-6-4-10-18-16(12)15/h2-3,5,7-9H,4,6,10H2,1H3. The fourth-order valence-corrected chi connectivity index (χ4v) is 2.50. The van der Waals surface area contributed by atoms with Crippen LogP contribution in [0.25, 0.3) is 11.1 Å². The topological polar surface area (TPSA) is 9.23 Å². The van der Waals surface area contributed by atoms with Gasteiger partial charge in [0.1, 0.15) is 11.6 Å². The van der Waals surface area contributed by atoms with Crippen molar-refractivity contribution in [1.82, 2.24) is 0 Å². The second-order valence-corrected chi connectivity index (χ2v) is 4.68. The lowest BCUT2D eigenvalue weighted by atomic mass is 9.94. The minimum atomic E-state index is -0.204. The van der Waals surface area contributed by atoms with Gasteiger partial charge in [0, 0.05) is 0 Å². The van der Waals surface area contributed by atoms with Gasteiger partial charge in [0.05, 0.1) is 12.2 Å². The molecule has 2 aromatic carbocycles. The molecule has 0 radical (unpaired) electrons. The van der Waals surface area contributed by atoms with E-state index in [1.165, 1.54) is 0 Å². The smallest absolute Gasteiger partial charge is 0.134 e. The number of halogens is 1. The maximum Gasteiger partial charge on any atom is 0.134 e. The molecule has 2 aromatic rings. The molecule has 0 aliphatic carbocycles. The molecule has 0 unspecified atom stereocenters. The van der Waals surface area contributed by atoms with Crippen molar-refractivity contribution in [2.75, 3.05) is 6.61 Å². The van der Waals surface area contributed by atoms with Crippen molar-refractivity contribution in [3.8, 4) is 16.9 Å². The Bertz CT molecular complexity index is 590. The first-order valence-electron chi connectivity index (χ1n) is 6.27. The van der Waals surface area contributed by atoms with Crippen LogP contribution in [0.5, 0.6) is 5.75 Å². The molecular formula is C16H15FO. The van der Waals surface area contributed by atoms with Crippen LogP contribution in [0.2, 0.25) is 0 Å². The molecule has 18 heavy (non-hydrogen) atoms. The maximum absolute atomic E-state index is 14.2. The van der Waals surface area contributed by atoms with Gasteiger partial charge in [-0.2, -0.15) is 0 Å². The van der Waals surface area contributed by atoms with Gasteiger partial charge >= 0.3 is 0 Å². The number of ether oxygens (including phenoxy) is 1. The molecule has 0 spiro atoms. The Morgan fingerprint density at radius 2 is 1.94 bits per heavy atom. The minimum Gasteiger partial charge on any atom is -0.493 e. The average molecular weight is 242 g/mol. The summed E-state index contributed by atoms with van der Waals surface area (Å²) in [6.07, 6.45) is 1.97. The number of hydrogen-bond donors (Lipinski definition) is 0. The first-order valence-corrected chi connectivity index (χ1v) is 6.27. The van der Waals surface area contributed by atoms with Crippen LogP contribution in [0.15, 0.2) is 36.4 Å². The lowest BCUT2D eigenvalue weighted by Crippen LogP contribution is -2.10. The molecule has 0 amide bonds. The minimum absolute atomic E-state index is 0.204. The Hall–Kier alpha value is -1.83. The van der Waals surface area contributed by atoms with Gasteiger partial charge in [0.15, 0.2) is 0 Å². The quantitative estimate of drug-likeness (QED) is 0.730. The highest BCUT2D eigenvalue weighted by atomic mass is 19.1. The summed E-state index contributed by atoms with van der Waals surface area (Å²) in [5.74, 6) is 0.528. The summed E-state index contributed by atoms with van der Waals surface area (Å²) in [5.41, 5.74) is 3.72. The molecule has 3 rings (SSSR count). The van der Waals surface area contributed by atoms with Gasteiger partial charge in [0.2, 0.25) is 0 Å². The highest BCUT2D eigenvalue weighted by Gasteiger charge is 2.20. The number of fused-ring (bicyclic) bond motifs is 1. The molecule has 0 saturated carbocycles. The fourth-order valence-electron chi connectivity index (χ4n) is 2.50. The second kappa shape index (κ2) is 4.45. The van der Waals surface area contributed by atoms with E-state index in [-0.39, 0.29) is 5.82 Å². The zero-order valence-corrected chi connectivity index (χ0v) is 10.4. The number of rotatable bonds is 1. The Morgan fingerprint density at radius 1 is 1.11 bits per heavy atom. The molecule has 0 saturated heterocycles. The molecule has 0 N–H and O–H groups in total. The van der Waals surface area contributed by atoms with Crippen molar-refractivity contribution < 1.29 is 9.13 Å². The first-order chi connectivity index (χ1) is 8.77. The van der Waals surface area contributed by atoms with Gasteiger partial charge in [-0.05, 0) is 42.5 Å². The van der Waals surface area contributed by atoms with E-state index in [4.69, 9.17) is 4.74 Å². The van der Waals surface area contributed by atoms with Crippen molar-refractivity contribution in [2.45, 2.75) is 19.8 Å². The summed E-state index contributed by atoms with van der Waals surface area (Å²) in [5, 5.41) is 0. The van der Waals surface area contributed by atoms with Crippen molar-refractivity contribution in [2.24, 2.45) is 0 Å². The third kappa shape index (κ3) is 1.78. The second-order valence-electron chi connectivity index (χ2n) is 4.68. The van der Waals surface area contributed by atoms with Crippen LogP contribution in [0.3, 0.4) is 0 Å². The maximum atomic E-state index is 14.2. The summed E-state index contributed by atoms with van der Waals surface area (Å²) < 4.78 is 19.9. The third-order valence-corrected chi connectivity index (χ3v) is 3.44. The zero-order valence-electron chi connectivity index (χ0n) is 10.4. The first kappa shape index (κ1) is 11.3. The Kier molecular flexibility index (Phi) is 2.78. The van der Waals surface area contributed by atoms with Crippen LogP contribution >= 0.6 is 0 Å². The lowest BCUT2D eigenvalue weighted by Gasteiger charge is -2.21. The Labute approximate surface area is 106 Å². The van der Waals surface area contributed by atoms with Crippen LogP contribution in [0.1, 0.15) is 17.5 Å². The normalized spacial score (nSPS) is 13.9. The number of benzene rings is 2. The van der Waals surface area contributed by atoms with Crippen LogP contribution in [-0.4, -0.2) is 6.61 Å². The van der Waals surface area contributed by atoms with Gasteiger partial charge < -0.3 is 4.74 Å². The molecule has 0 fully saturated rings. The van der Waals surface area contributed by atoms with Gasteiger partial charge in [0.25, 0.3) is 0 Å². The third-order valence-electron chi connectivity index (χ3n) is 3.44. The van der Waals surface area contributed by atoms with E-state index in [9.17, 15) is 4.39 Å². The lowest BCUT2D eigenvalue weighted by molar-refractivity contribution is 0.288.